The summed E-state index contributed by atoms with van der Waals surface area (Å²) < 4.78 is 23.9. The molecule has 0 bridgehead atoms. The van der Waals surface area contributed by atoms with Gasteiger partial charge in [-0.3, -0.25) is 4.79 Å². The van der Waals surface area contributed by atoms with E-state index < -0.39 is 10.0 Å². The minimum atomic E-state index is -3.05. The average molecular weight is 177 g/mol. The average Bonchev–Trinajstić information content (AvgIpc) is 1.86. The second-order valence-corrected chi connectivity index (χ2v) is 4.69. The molecule has 0 aromatic rings. The molecule has 0 aliphatic carbocycles. The molecule has 1 unspecified atom stereocenters. The van der Waals surface area contributed by atoms with Crippen LogP contribution in [0.5, 0.6) is 0 Å². The van der Waals surface area contributed by atoms with Gasteiger partial charge in [0, 0.05) is 12.5 Å². The molecule has 1 heterocycles. The number of carbonyl (C=O) groups is 1. The maximum absolute atomic E-state index is 10.8. The number of carbonyl (C=O) groups excluding carboxylic acids is 1. The molecule has 0 aromatic heterocycles. The zero-order valence-electron chi connectivity index (χ0n) is 6.33. The Balaban J connectivity index is 2.56. The first kappa shape index (κ1) is 8.67. The Labute approximate surface area is 66.0 Å². The van der Waals surface area contributed by atoms with Crippen molar-refractivity contribution in [2.45, 2.75) is 13.3 Å². The highest BCUT2D eigenvalue weighted by atomic mass is 32.2. The van der Waals surface area contributed by atoms with Crippen molar-refractivity contribution in [3.05, 3.63) is 0 Å². The molecule has 5 heteroatoms. The molecule has 0 saturated carbocycles. The van der Waals surface area contributed by atoms with Gasteiger partial charge in [-0.25, -0.2) is 13.1 Å². The second-order valence-electron chi connectivity index (χ2n) is 2.76. The lowest BCUT2D eigenvalue weighted by molar-refractivity contribution is -0.120. The molecule has 11 heavy (non-hydrogen) atoms. The van der Waals surface area contributed by atoms with Gasteiger partial charge in [0.15, 0.2) is 0 Å². The first-order valence-electron chi connectivity index (χ1n) is 3.49. The highest BCUT2D eigenvalue weighted by Crippen LogP contribution is 2.10. The molecule has 1 saturated heterocycles. The van der Waals surface area contributed by atoms with Crippen molar-refractivity contribution in [1.82, 2.24) is 4.72 Å². The first-order chi connectivity index (χ1) is 5.01. The van der Waals surface area contributed by atoms with Gasteiger partial charge in [0.1, 0.15) is 5.78 Å². The Bertz CT molecular complexity index is 243. The van der Waals surface area contributed by atoms with Gasteiger partial charge in [0.25, 0.3) is 0 Å². The Morgan fingerprint density at radius 2 is 2.18 bits per heavy atom. The fourth-order valence-corrected chi connectivity index (χ4v) is 2.24. The molecule has 0 aromatic carbocycles. The monoisotopic (exact) mass is 177 g/mol. The summed E-state index contributed by atoms with van der Waals surface area (Å²) in [5, 5.41) is 0. The number of ketones is 1. The van der Waals surface area contributed by atoms with Crippen LogP contribution in [0.15, 0.2) is 0 Å². The number of rotatable bonds is 1. The van der Waals surface area contributed by atoms with Gasteiger partial charge in [-0.1, -0.05) is 0 Å². The van der Waals surface area contributed by atoms with Crippen molar-refractivity contribution >= 4 is 15.8 Å². The summed E-state index contributed by atoms with van der Waals surface area (Å²) in [6.07, 6.45) is 0.463. The van der Waals surface area contributed by atoms with Crippen LogP contribution in [0.2, 0.25) is 0 Å². The molecule has 1 fully saturated rings. The van der Waals surface area contributed by atoms with Gasteiger partial charge in [0.2, 0.25) is 10.0 Å². The predicted octanol–water partition coefficient (Wildman–Crippen LogP) is -0.485. The molecular formula is C6H11NO3S. The van der Waals surface area contributed by atoms with Crippen LogP contribution in [0.3, 0.4) is 0 Å². The minimum absolute atomic E-state index is 0.0624. The van der Waals surface area contributed by atoms with E-state index in [1.807, 2.05) is 0 Å². The number of Topliss-reactive ketones (excluding diaryl/α,β-unsaturated/α-hetero) is 1. The third-order valence-electron chi connectivity index (χ3n) is 1.86. The third kappa shape index (κ3) is 2.27. The minimum Gasteiger partial charge on any atom is -0.300 e. The lowest BCUT2D eigenvalue weighted by Gasteiger charge is -2.19. The molecular weight excluding hydrogens is 166 g/mol. The summed E-state index contributed by atoms with van der Waals surface area (Å²) >= 11 is 0. The van der Waals surface area contributed by atoms with E-state index in [4.69, 9.17) is 0 Å². The topological polar surface area (TPSA) is 63.2 Å². The molecule has 0 spiro atoms. The molecule has 1 N–H and O–H groups in total. The summed E-state index contributed by atoms with van der Waals surface area (Å²) in [6, 6.07) is 0. The van der Waals surface area contributed by atoms with E-state index in [-0.39, 0.29) is 24.0 Å². The van der Waals surface area contributed by atoms with Crippen molar-refractivity contribution < 1.29 is 13.2 Å². The quantitative estimate of drug-likeness (QED) is 0.588. The van der Waals surface area contributed by atoms with Crippen LogP contribution in [-0.4, -0.2) is 26.5 Å². The maximum Gasteiger partial charge on any atom is 0.211 e. The van der Waals surface area contributed by atoms with Crippen LogP contribution in [-0.2, 0) is 14.8 Å². The van der Waals surface area contributed by atoms with Crippen LogP contribution >= 0.6 is 0 Å². The summed E-state index contributed by atoms with van der Waals surface area (Å²) in [5.74, 6) is 0.0305. The Kier molecular flexibility index (Phi) is 2.29. The number of sulfonamides is 1. The SMILES string of the molecule is CC(=O)C1CCS(=O)(=O)NC1. The van der Waals surface area contributed by atoms with Crippen molar-refractivity contribution in [2.75, 3.05) is 12.3 Å². The maximum atomic E-state index is 10.8. The van der Waals surface area contributed by atoms with Crippen molar-refractivity contribution in [3.8, 4) is 0 Å². The fourth-order valence-electron chi connectivity index (χ4n) is 1.05. The largest absolute Gasteiger partial charge is 0.300 e. The highest BCUT2D eigenvalue weighted by Gasteiger charge is 2.25. The summed E-state index contributed by atoms with van der Waals surface area (Å²) in [4.78, 5) is 10.8. The highest BCUT2D eigenvalue weighted by molar-refractivity contribution is 7.89. The van der Waals surface area contributed by atoms with E-state index in [0.717, 1.165) is 0 Å². The van der Waals surface area contributed by atoms with Gasteiger partial charge < -0.3 is 0 Å². The molecule has 1 rings (SSSR count). The van der Waals surface area contributed by atoms with Gasteiger partial charge in [0.05, 0.1) is 5.75 Å². The van der Waals surface area contributed by atoms with Gasteiger partial charge in [-0.2, -0.15) is 0 Å². The van der Waals surface area contributed by atoms with Crippen molar-refractivity contribution in [2.24, 2.45) is 5.92 Å². The van der Waals surface area contributed by atoms with Crippen molar-refractivity contribution in [1.29, 1.82) is 0 Å². The first-order valence-corrected chi connectivity index (χ1v) is 5.14. The Morgan fingerprint density at radius 1 is 1.55 bits per heavy atom. The van der Waals surface area contributed by atoms with Gasteiger partial charge >= 0.3 is 0 Å². The van der Waals surface area contributed by atoms with Crippen LogP contribution in [0, 0.1) is 5.92 Å². The van der Waals surface area contributed by atoms with Crippen molar-refractivity contribution in [3.63, 3.8) is 0 Å². The number of hydrogen-bond acceptors (Lipinski definition) is 3. The zero-order chi connectivity index (χ0) is 8.48. The summed E-state index contributed by atoms with van der Waals surface area (Å²) in [6.45, 7) is 1.77. The Hall–Kier alpha value is -0.420. The molecule has 64 valence electrons. The lowest BCUT2D eigenvalue weighted by atomic mass is 10.0. The molecule has 1 aliphatic heterocycles. The van der Waals surface area contributed by atoms with Gasteiger partial charge in [-0.05, 0) is 13.3 Å². The van der Waals surface area contributed by atoms with E-state index in [9.17, 15) is 13.2 Å². The van der Waals surface area contributed by atoms with E-state index in [2.05, 4.69) is 4.72 Å². The van der Waals surface area contributed by atoms with Gasteiger partial charge in [-0.15, -0.1) is 0 Å². The fraction of sp³-hybridized carbons (Fsp3) is 0.833. The normalized spacial score (nSPS) is 29.7. The third-order valence-corrected chi connectivity index (χ3v) is 3.24. The second kappa shape index (κ2) is 2.91. The van der Waals surface area contributed by atoms with E-state index in [1.165, 1.54) is 6.92 Å². The molecule has 4 nitrogen and oxygen atoms in total. The molecule has 1 aliphatic rings. The van der Waals surface area contributed by atoms with E-state index in [0.29, 0.717) is 6.42 Å². The zero-order valence-corrected chi connectivity index (χ0v) is 7.15. The summed E-state index contributed by atoms with van der Waals surface area (Å²) in [5.41, 5.74) is 0. The standard InChI is InChI=1S/C6H11NO3S/c1-5(8)6-2-3-11(9,10)7-4-6/h6-7H,2-4H2,1H3. The predicted molar refractivity (Wildman–Crippen MR) is 40.6 cm³/mol. The molecule has 0 radical (unpaired) electrons. The van der Waals surface area contributed by atoms with E-state index >= 15 is 0 Å². The van der Waals surface area contributed by atoms with Crippen LogP contribution in [0.1, 0.15) is 13.3 Å². The molecule has 1 atom stereocenters. The van der Waals surface area contributed by atoms with Crippen LogP contribution in [0.25, 0.3) is 0 Å². The number of nitrogens with one attached hydrogen (secondary N) is 1. The number of hydrogen-bond donors (Lipinski definition) is 1. The molecule has 0 amide bonds. The van der Waals surface area contributed by atoms with Crippen LogP contribution in [0.4, 0.5) is 0 Å². The smallest absolute Gasteiger partial charge is 0.211 e. The summed E-state index contributed by atoms with van der Waals surface area (Å²) in [7, 11) is -3.05. The lowest BCUT2D eigenvalue weighted by Crippen LogP contribution is -2.40. The van der Waals surface area contributed by atoms with Crippen LogP contribution < -0.4 is 4.72 Å². The Morgan fingerprint density at radius 3 is 2.55 bits per heavy atom. The van der Waals surface area contributed by atoms with E-state index in [1.54, 1.807) is 0 Å².